The smallest absolute Gasteiger partial charge is 0.158 e. The van der Waals surface area contributed by atoms with E-state index in [0.717, 1.165) is 43.1 Å². The number of aromatic nitrogens is 2. The topological polar surface area (TPSA) is 116 Å². The van der Waals surface area contributed by atoms with Crippen LogP contribution < -0.4 is 21.1 Å². The average molecular weight is 509 g/mol. The first-order valence-corrected chi connectivity index (χ1v) is 13.7. The molecule has 33 heavy (non-hydrogen) atoms. The first-order valence-electron chi connectivity index (χ1n) is 11.4. The van der Waals surface area contributed by atoms with Crippen LogP contribution in [0, 0.1) is 5.41 Å². The third-order valence-corrected chi connectivity index (χ3v) is 9.96. The lowest BCUT2D eigenvalue weighted by Gasteiger charge is -2.44. The van der Waals surface area contributed by atoms with E-state index in [4.69, 9.17) is 23.1 Å². The lowest BCUT2D eigenvalue weighted by atomic mass is 9.74. The van der Waals surface area contributed by atoms with Gasteiger partial charge in [0.15, 0.2) is 5.82 Å². The minimum Gasteiger partial charge on any atom is -0.598 e. The zero-order valence-electron chi connectivity index (χ0n) is 19.4. The Morgan fingerprint density at radius 2 is 1.97 bits per heavy atom. The molecular weight excluding hydrogens is 476 g/mol. The van der Waals surface area contributed by atoms with Gasteiger partial charge in [0, 0.05) is 29.3 Å². The minimum atomic E-state index is -1.05. The largest absolute Gasteiger partial charge is 0.598 e. The Morgan fingerprint density at radius 3 is 2.64 bits per heavy atom. The lowest BCUT2D eigenvalue weighted by molar-refractivity contribution is 0.186. The van der Waals surface area contributed by atoms with Gasteiger partial charge in [-0.3, -0.25) is 0 Å². The Labute approximate surface area is 208 Å². The molecule has 180 valence electrons. The van der Waals surface area contributed by atoms with Gasteiger partial charge < -0.3 is 20.9 Å². The summed E-state index contributed by atoms with van der Waals surface area (Å²) in [5.74, 6) is 1.18. The van der Waals surface area contributed by atoms with Crippen LogP contribution in [-0.2, 0) is 11.4 Å². The molecule has 5 N–H and O–H groups in total. The van der Waals surface area contributed by atoms with Crippen molar-refractivity contribution in [2.45, 2.75) is 73.6 Å². The summed E-state index contributed by atoms with van der Waals surface area (Å²) in [5, 5.41) is 1.12. The molecule has 2 atom stereocenters. The van der Waals surface area contributed by atoms with E-state index in [9.17, 15) is 4.55 Å². The number of benzene rings is 1. The summed E-state index contributed by atoms with van der Waals surface area (Å²) in [6.45, 7) is 7.84. The third kappa shape index (κ3) is 5.32. The van der Waals surface area contributed by atoms with Gasteiger partial charge in [-0.15, -0.1) is 4.72 Å². The van der Waals surface area contributed by atoms with Gasteiger partial charge in [-0.1, -0.05) is 35.9 Å². The fraction of sp³-hybridized carbons (Fsp3) is 0.565. The van der Waals surface area contributed by atoms with Gasteiger partial charge in [0.2, 0.25) is 0 Å². The average Bonchev–Trinajstić information content (AvgIpc) is 3.14. The molecule has 1 spiro atoms. The Kier molecular flexibility index (Phi) is 7.27. The number of halogens is 1. The fourth-order valence-electron chi connectivity index (χ4n) is 4.73. The summed E-state index contributed by atoms with van der Waals surface area (Å²) in [4.78, 5) is 12.3. The van der Waals surface area contributed by atoms with Gasteiger partial charge in [-0.25, -0.2) is 9.97 Å². The number of hydrogen-bond acceptors (Lipinski definition) is 8. The molecular formula is C23H33ClN6OS2. The van der Waals surface area contributed by atoms with Crippen LogP contribution in [0.3, 0.4) is 0 Å². The second kappa shape index (κ2) is 9.70. The Bertz CT molecular complexity index is 993. The molecule has 0 bridgehead atoms. The molecule has 1 aliphatic heterocycles. The molecule has 2 heterocycles. The van der Waals surface area contributed by atoms with Crippen LogP contribution >= 0.6 is 23.4 Å². The van der Waals surface area contributed by atoms with Gasteiger partial charge in [0.05, 0.1) is 22.9 Å². The number of nitrogen functional groups attached to an aromatic ring is 2. The van der Waals surface area contributed by atoms with Crippen molar-refractivity contribution >= 4 is 52.0 Å². The Hall–Kier alpha value is -1.39. The standard InChI is InChI=1S/C23H33ClN6OS2/c1-22(2,3)33(31)29-17-8-5-9-23(17)10-12-30(13-11-23)18-14-27-21(20(26)28-18)32-16-7-4-6-15(25)19(16)24/h4,6-7,14,17,29H,5,8-13,25H2,1-3H3,(H2,26,28)/t17-,33-/m1/s1. The van der Waals surface area contributed by atoms with E-state index in [-0.39, 0.29) is 10.2 Å². The van der Waals surface area contributed by atoms with Gasteiger partial charge in [0.25, 0.3) is 0 Å². The van der Waals surface area contributed by atoms with Crippen molar-refractivity contribution < 1.29 is 4.55 Å². The van der Waals surface area contributed by atoms with E-state index in [1.807, 2.05) is 32.9 Å². The summed E-state index contributed by atoms with van der Waals surface area (Å²) in [6.07, 6.45) is 7.34. The molecule has 4 rings (SSSR count). The van der Waals surface area contributed by atoms with E-state index in [1.165, 1.54) is 24.6 Å². The SMILES string of the molecule is CC(C)(C)[S@@+]([O-])N[C@@H]1CCCC12CCN(c1cnc(Sc3cccc(N)c3Cl)c(N)n1)CC2. The van der Waals surface area contributed by atoms with E-state index in [0.29, 0.717) is 27.6 Å². The molecule has 1 saturated carbocycles. The van der Waals surface area contributed by atoms with Crippen LogP contribution in [0.5, 0.6) is 0 Å². The van der Waals surface area contributed by atoms with Crippen LogP contribution in [0.25, 0.3) is 0 Å². The van der Waals surface area contributed by atoms with Gasteiger partial charge >= 0.3 is 0 Å². The highest BCUT2D eigenvalue weighted by atomic mass is 35.5. The van der Waals surface area contributed by atoms with Crippen molar-refractivity contribution in [3.8, 4) is 0 Å². The molecule has 2 aliphatic rings. The number of nitrogens with one attached hydrogen (secondary N) is 1. The zero-order chi connectivity index (χ0) is 23.8. The predicted molar refractivity (Wildman–Crippen MR) is 139 cm³/mol. The number of rotatable bonds is 5. The Morgan fingerprint density at radius 1 is 1.24 bits per heavy atom. The van der Waals surface area contributed by atoms with Gasteiger partial charge in [-0.05, 0) is 64.0 Å². The van der Waals surface area contributed by atoms with Crippen molar-refractivity contribution in [3.05, 3.63) is 29.4 Å². The molecule has 2 aromatic rings. The first kappa shape index (κ1) is 24.7. The zero-order valence-corrected chi connectivity index (χ0v) is 21.8. The summed E-state index contributed by atoms with van der Waals surface area (Å²) >= 11 is 6.63. The molecule has 1 aromatic heterocycles. The lowest BCUT2D eigenvalue weighted by Crippen LogP contribution is -2.53. The minimum absolute atomic E-state index is 0.205. The number of anilines is 3. The highest BCUT2D eigenvalue weighted by Gasteiger charge is 2.47. The maximum absolute atomic E-state index is 12.7. The van der Waals surface area contributed by atoms with Crippen molar-refractivity contribution in [2.24, 2.45) is 5.41 Å². The quantitative estimate of drug-likeness (QED) is 0.395. The first-order chi connectivity index (χ1) is 15.6. The van der Waals surface area contributed by atoms with Crippen LogP contribution in [0.15, 0.2) is 34.3 Å². The molecule has 1 saturated heterocycles. The predicted octanol–water partition coefficient (Wildman–Crippen LogP) is 4.64. The molecule has 2 fully saturated rings. The van der Waals surface area contributed by atoms with Crippen LogP contribution in [0.2, 0.25) is 5.02 Å². The highest BCUT2D eigenvalue weighted by molar-refractivity contribution is 7.99. The van der Waals surface area contributed by atoms with Crippen molar-refractivity contribution in [2.75, 3.05) is 29.5 Å². The van der Waals surface area contributed by atoms with Crippen molar-refractivity contribution in [3.63, 3.8) is 0 Å². The molecule has 1 aromatic carbocycles. The molecule has 0 radical (unpaired) electrons. The molecule has 0 unspecified atom stereocenters. The van der Waals surface area contributed by atoms with Crippen LogP contribution in [-0.4, -0.2) is 38.4 Å². The molecule has 1 aliphatic carbocycles. The fourth-order valence-corrected chi connectivity index (χ4v) is 6.77. The number of hydrogen-bond donors (Lipinski definition) is 3. The normalized spacial score (nSPS) is 21.5. The summed E-state index contributed by atoms with van der Waals surface area (Å²) in [7, 11) is 0. The van der Waals surface area contributed by atoms with Crippen LogP contribution in [0.4, 0.5) is 17.3 Å². The number of nitrogens with zero attached hydrogens (tertiary/aromatic N) is 3. The van der Waals surface area contributed by atoms with E-state index in [1.54, 1.807) is 12.3 Å². The number of piperidine rings is 1. The summed E-state index contributed by atoms with van der Waals surface area (Å²) in [5.41, 5.74) is 12.9. The third-order valence-electron chi connectivity index (χ3n) is 6.75. The van der Waals surface area contributed by atoms with E-state index >= 15 is 0 Å². The van der Waals surface area contributed by atoms with E-state index in [2.05, 4.69) is 19.6 Å². The van der Waals surface area contributed by atoms with E-state index < -0.39 is 11.4 Å². The highest BCUT2D eigenvalue weighted by Crippen LogP contribution is 2.47. The monoisotopic (exact) mass is 508 g/mol. The summed E-state index contributed by atoms with van der Waals surface area (Å²) in [6, 6.07) is 5.81. The summed E-state index contributed by atoms with van der Waals surface area (Å²) < 4.78 is 15.9. The number of nitrogens with two attached hydrogens (primary N) is 2. The van der Waals surface area contributed by atoms with Crippen LogP contribution in [0.1, 0.15) is 52.9 Å². The van der Waals surface area contributed by atoms with Crippen molar-refractivity contribution in [1.82, 2.24) is 14.7 Å². The molecule has 10 heteroatoms. The molecule has 7 nitrogen and oxygen atoms in total. The second-order valence-corrected chi connectivity index (χ2v) is 13.4. The molecule has 0 amide bonds. The maximum atomic E-state index is 12.7. The van der Waals surface area contributed by atoms with Crippen molar-refractivity contribution in [1.29, 1.82) is 0 Å². The Balaban J connectivity index is 1.41. The van der Waals surface area contributed by atoms with Gasteiger partial charge in [0.1, 0.15) is 15.6 Å². The second-order valence-electron chi connectivity index (χ2n) is 9.97. The van der Waals surface area contributed by atoms with Gasteiger partial charge in [-0.2, -0.15) is 0 Å². The maximum Gasteiger partial charge on any atom is 0.158 e.